The minimum absolute atomic E-state index is 0.0963. The quantitative estimate of drug-likeness (QED) is 0.196. The van der Waals surface area contributed by atoms with Crippen LogP contribution in [0.15, 0.2) is 16.4 Å². The van der Waals surface area contributed by atoms with Gasteiger partial charge < -0.3 is 21.1 Å². The molecule has 0 spiro atoms. The minimum Gasteiger partial charge on any atom is -0.477 e. The SMILES string of the molecule is CC(=S)N(CC(F)(F)F)C1C(=O)N2C(C(=O)O)=C(C(CCNC(N)=O)Sc3nnn[nH]3)CS[C@@H]12. The monoisotopic (exact) mass is 540 g/mol. The molecule has 0 bridgehead atoms. The van der Waals surface area contributed by atoms with Crippen LogP contribution in [-0.2, 0) is 9.59 Å². The molecule has 3 heterocycles. The first kappa shape index (κ1) is 26.0. The van der Waals surface area contributed by atoms with Crippen molar-refractivity contribution in [2.45, 2.75) is 41.3 Å². The number of hydrogen-bond acceptors (Lipinski definition) is 9. The molecule has 1 aromatic rings. The number of aliphatic carboxylic acids is 1. The molecule has 0 saturated carbocycles. The number of nitrogens with one attached hydrogen (secondary N) is 2. The fourth-order valence-corrected chi connectivity index (χ4v) is 6.38. The van der Waals surface area contributed by atoms with Crippen molar-refractivity contribution in [1.29, 1.82) is 0 Å². The molecule has 3 atom stereocenters. The van der Waals surface area contributed by atoms with Crippen LogP contribution in [0, 0.1) is 0 Å². The molecular weight excluding hydrogens is 521 g/mol. The molecule has 2 aliphatic rings. The highest BCUT2D eigenvalue weighted by atomic mass is 32.2. The molecule has 1 aromatic heterocycles. The predicted octanol–water partition coefficient (Wildman–Crippen LogP) is 0.553. The van der Waals surface area contributed by atoms with Crippen molar-refractivity contribution in [3.05, 3.63) is 11.3 Å². The molecule has 2 aliphatic heterocycles. The third-order valence-electron chi connectivity index (χ3n) is 4.94. The zero-order valence-corrected chi connectivity index (χ0v) is 19.9. The number of thioether (sulfide) groups is 2. The number of halogens is 3. The fourth-order valence-electron chi connectivity index (χ4n) is 3.59. The number of H-pyrrole nitrogens is 1. The highest BCUT2D eigenvalue weighted by Gasteiger charge is 2.57. The van der Waals surface area contributed by atoms with Gasteiger partial charge in [0.05, 0.1) is 4.99 Å². The van der Waals surface area contributed by atoms with Crippen LogP contribution in [0.25, 0.3) is 0 Å². The van der Waals surface area contributed by atoms with E-state index >= 15 is 0 Å². The van der Waals surface area contributed by atoms with Crippen LogP contribution in [0.1, 0.15) is 13.3 Å². The van der Waals surface area contributed by atoms with Crippen molar-refractivity contribution >= 4 is 58.6 Å². The summed E-state index contributed by atoms with van der Waals surface area (Å²) in [6.45, 7) is -0.0365. The Hall–Kier alpha value is -2.60. The summed E-state index contributed by atoms with van der Waals surface area (Å²) in [5, 5.41) is 24.4. The van der Waals surface area contributed by atoms with Crippen molar-refractivity contribution < 1.29 is 32.7 Å². The number of urea groups is 1. The van der Waals surface area contributed by atoms with Crippen LogP contribution in [0.3, 0.4) is 0 Å². The number of alkyl halides is 3. The number of rotatable bonds is 9. The number of carbonyl (C=O) groups is 3. The molecule has 5 N–H and O–H groups in total. The molecule has 1 saturated heterocycles. The minimum atomic E-state index is -4.60. The molecule has 3 amide bonds. The Morgan fingerprint density at radius 3 is 2.74 bits per heavy atom. The number of aromatic nitrogens is 4. The molecule has 2 unspecified atom stereocenters. The third-order valence-corrected chi connectivity index (χ3v) is 7.66. The van der Waals surface area contributed by atoms with E-state index in [1.807, 2.05) is 0 Å². The first-order chi connectivity index (χ1) is 15.9. The summed E-state index contributed by atoms with van der Waals surface area (Å²) in [5.41, 5.74) is 5.12. The summed E-state index contributed by atoms with van der Waals surface area (Å²) < 4.78 is 39.2. The maximum absolute atomic E-state index is 13.1. The molecule has 0 radical (unpaired) electrons. The number of amides is 3. The van der Waals surface area contributed by atoms with Gasteiger partial charge in [0, 0.05) is 17.5 Å². The number of tetrazole rings is 1. The van der Waals surface area contributed by atoms with Crippen molar-refractivity contribution in [2.24, 2.45) is 5.73 Å². The van der Waals surface area contributed by atoms with Gasteiger partial charge in [-0.1, -0.05) is 24.0 Å². The Balaban J connectivity index is 1.92. The third kappa shape index (κ3) is 5.72. The van der Waals surface area contributed by atoms with Crippen LogP contribution >= 0.6 is 35.7 Å². The van der Waals surface area contributed by atoms with E-state index in [-0.39, 0.29) is 34.6 Å². The van der Waals surface area contributed by atoms with E-state index < -0.39 is 47.3 Å². The fraction of sp³-hybridized carbons (Fsp3) is 0.562. The topological polar surface area (TPSA) is 170 Å². The summed E-state index contributed by atoms with van der Waals surface area (Å²) in [6.07, 6.45) is -4.38. The van der Waals surface area contributed by atoms with Gasteiger partial charge in [-0.15, -0.1) is 16.9 Å². The lowest BCUT2D eigenvalue weighted by molar-refractivity contribution is -0.164. The van der Waals surface area contributed by atoms with E-state index in [1.165, 1.54) is 6.92 Å². The highest BCUT2D eigenvalue weighted by molar-refractivity contribution is 8.01. The summed E-state index contributed by atoms with van der Waals surface area (Å²) in [6, 6.07) is -2.00. The number of β-lactam (4-membered cyclic amide) rings is 1. The number of hydrogen-bond donors (Lipinski definition) is 4. The van der Waals surface area contributed by atoms with Gasteiger partial charge in [-0.2, -0.15) is 13.2 Å². The van der Waals surface area contributed by atoms with Crippen LogP contribution in [0.4, 0.5) is 18.0 Å². The number of carbonyl (C=O) groups excluding carboxylic acids is 2. The number of thiocarbonyl (C=S) groups is 1. The van der Waals surface area contributed by atoms with Gasteiger partial charge in [0.2, 0.25) is 5.16 Å². The summed E-state index contributed by atoms with van der Waals surface area (Å²) in [7, 11) is 0. The smallest absolute Gasteiger partial charge is 0.405 e. The van der Waals surface area contributed by atoms with E-state index in [4.69, 9.17) is 18.0 Å². The number of nitrogens with zero attached hydrogens (tertiary/aromatic N) is 5. The number of nitrogens with two attached hydrogens (primary N) is 1. The summed E-state index contributed by atoms with van der Waals surface area (Å²) in [4.78, 5) is 37.9. The number of carboxylic acid groups (broad SMARTS) is 1. The molecule has 3 rings (SSSR count). The molecule has 12 nitrogen and oxygen atoms in total. The first-order valence-electron chi connectivity index (χ1n) is 9.59. The Morgan fingerprint density at radius 2 is 2.21 bits per heavy atom. The number of primary amides is 1. The van der Waals surface area contributed by atoms with Crippen LogP contribution < -0.4 is 11.1 Å². The van der Waals surface area contributed by atoms with E-state index in [2.05, 4.69) is 25.9 Å². The van der Waals surface area contributed by atoms with Crippen molar-refractivity contribution in [3.8, 4) is 0 Å². The van der Waals surface area contributed by atoms with Gasteiger partial charge in [-0.3, -0.25) is 9.69 Å². The van der Waals surface area contributed by atoms with E-state index in [1.54, 1.807) is 0 Å². The van der Waals surface area contributed by atoms with Gasteiger partial charge >= 0.3 is 18.2 Å². The second-order valence-electron chi connectivity index (χ2n) is 7.19. The van der Waals surface area contributed by atoms with Crippen LogP contribution in [0.2, 0.25) is 0 Å². The maximum Gasteiger partial charge on any atom is 0.405 e. The largest absolute Gasteiger partial charge is 0.477 e. The molecule has 186 valence electrons. The second-order valence-corrected chi connectivity index (χ2v) is 10.1. The molecular formula is C16H19F3N8O4S3. The molecule has 34 heavy (non-hydrogen) atoms. The summed E-state index contributed by atoms with van der Waals surface area (Å²) >= 11 is 7.16. The lowest BCUT2D eigenvalue weighted by Gasteiger charge is -2.53. The zero-order valence-electron chi connectivity index (χ0n) is 17.4. The van der Waals surface area contributed by atoms with Crippen molar-refractivity contribution in [1.82, 2.24) is 35.7 Å². The molecule has 0 aromatic carbocycles. The lowest BCUT2D eigenvalue weighted by Crippen LogP contribution is -2.72. The Kier molecular flexibility index (Phi) is 7.91. The maximum atomic E-state index is 13.1. The molecule has 1 fully saturated rings. The van der Waals surface area contributed by atoms with Gasteiger partial charge in [0.25, 0.3) is 5.91 Å². The second kappa shape index (κ2) is 10.3. The Morgan fingerprint density at radius 1 is 1.50 bits per heavy atom. The standard InChI is InChI=1S/C16H19F3N8O4S3/c1-6(32)26(5-16(17,18)19)10-11(28)27-9(13(29)30)7(4-33-12(10)27)8(2-3-21-14(20)31)34-15-22-24-25-23-15/h8,10,12H,2-5H2,1H3,(H,29,30)(H3,20,21,31)(H,22,23,24,25)/t8?,10?,12-/m0/s1. The average molecular weight is 541 g/mol. The Labute approximate surface area is 204 Å². The van der Waals surface area contributed by atoms with Crippen LogP contribution in [-0.4, -0.2) is 100 Å². The van der Waals surface area contributed by atoms with Crippen molar-refractivity contribution in [3.63, 3.8) is 0 Å². The van der Waals surface area contributed by atoms with E-state index in [9.17, 15) is 32.7 Å². The van der Waals surface area contributed by atoms with Gasteiger partial charge in [0.15, 0.2) is 0 Å². The van der Waals surface area contributed by atoms with Gasteiger partial charge in [0.1, 0.15) is 23.7 Å². The van der Waals surface area contributed by atoms with E-state index in [0.717, 1.165) is 33.3 Å². The molecule has 18 heteroatoms. The lowest BCUT2D eigenvalue weighted by atomic mass is 9.99. The van der Waals surface area contributed by atoms with Gasteiger partial charge in [-0.05, 0) is 29.3 Å². The number of fused-ring (bicyclic) bond motifs is 1. The highest BCUT2D eigenvalue weighted by Crippen LogP contribution is 2.46. The number of carboxylic acids is 1. The first-order valence-corrected chi connectivity index (χ1v) is 11.9. The average Bonchev–Trinajstić information content (AvgIpc) is 3.23. The zero-order chi connectivity index (χ0) is 25.2. The van der Waals surface area contributed by atoms with E-state index in [0.29, 0.717) is 5.57 Å². The normalized spacial score (nSPS) is 20.9. The predicted molar refractivity (Wildman–Crippen MR) is 119 cm³/mol. The summed E-state index contributed by atoms with van der Waals surface area (Å²) in [5.74, 6) is -2.09. The molecule has 0 aliphatic carbocycles. The Bertz CT molecular complexity index is 1010. The number of aromatic amines is 1. The van der Waals surface area contributed by atoms with Crippen molar-refractivity contribution in [2.75, 3.05) is 18.8 Å². The van der Waals surface area contributed by atoms with Gasteiger partial charge in [-0.25, -0.2) is 14.7 Å². The van der Waals surface area contributed by atoms with Crippen LogP contribution in [0.5, 0.6) is 0 Å².